The Labute approximate surface area is 164 Å². The van der Waals surface area contributed by atoms with Gasteiger partial charge in [0, 0.05) is 19.3 Å². The summed E-state index contributed by atoms with van der Waals surface area (Å²) >= 11 is 0. The van der Waals surface area contributed by atoms with E-state index < -0.39 is 0 Å². The molecule has 0 atom stereocenters. The third-order valence-electron chi connectivity index (χ3n) is 4.15. The van der Waals surface area contributed by atoms with Gasteiger partial charge in [0.1, 0.15) is 18.1 Å². The van der Waals surface area contributed by atoms with Gasteiger partial charge in [-0.1, -0.05) is 30.3 Å². The second-order valence-corrected chi connectivity index (χ2v) is 6.17. The summed E-state index contributed by atoms with van der Waals surface area (Å²) in [5.74, 6) is 1.56. The lowest BCUT2D eigenvalue weighted by Gasteiger charge is -2.13. The first-order valence-corrected chi connectivity index (χ1v) is 8.80. The Balaban J connectivity index is 1.63. The molecular weight excluding hydrogens is 356 g/mol. The van der Waals surface area contributed by atoms with E-state index in [1.54, 1.807) is 12.1 Å². The van der Waals surface area contributed by atoms with Gasteiger partial charge in [0.2, 0.25) is 5.88 Å². The van der Waals surface area contributed by atoms with Crippen LogP contribution in [0, 0.1) is 6.92 Å². The maximum atomic E-state index is 12.0. The minimum absolute atomic E-state index is 0.280. The highest BCUT2D eigenvalue weighted by Gasteiger charge is 2.12. The molecule has 6 nitrogen and oxygen atoms in total. The van der Waals surface area contributed by atoms with Crippen molar-refractivity contribution in [2.24, 2.45) is 0 Å². The summed E-state index contributed by atoms with van der Waals surface area (Å²) in [4.78, 5) is 21.1. The van der Waals surface area contributed by atoms with Crippen LogP contribution in [0.4, 0.5) is 0 Å². The SMILES string of the molecule is CON(C)C(=O)c1ccc(Oc2ccc(OCc3ccccc3)c(C)c2)nc1. The van der Waals surface area contributed by atoms with Gasteiger partial charge in [-0.2, -0.15) is 0 Å². The summed E-state index contributed by atoms with van der Waals surface area (Å²) in [5.41, 5.74) is 2.49. The van der Waals surface area contributed by atoms with Crippen molar-refractivity contribution in [2.75, 3.05) is 14.2 Å². The van der Waals surface area contributed by atoms with Crippen molar-refractivity contribution in [1.82, 2.24) is 10.0 Å². The first-order valence-electron chi connectivity index (χ1n) is 8.80. The van der Waals surface area contributed by atoms with Crippen LogP contribution in [0.2, 0.25) is 0 Å². The Kier molecular flexibility index (Phi) is 6.24. The normalized spacial score (nSPS) is 10.4. The van der Waals surface area contributed by atoms with E-state index in [-0.39, 0.29) is 5.91 Å². The van der Waals surface area contributed by atoms with Gasteiger partial charge in [-0.15, -0.1) is 0 Å². The molecule has 3 aromatic rings. The van der Waals surface area contributed by atoms with Crippen LogP contribution in [0.1, 0.15) is 21.5 Å². The first-order chi connectivity index (χ1) is 13.6. The number of hydroxylamine groups is 2. The molecule has 0 saturated heterocycles. The van der Waals surface area contributed by atoms with Crippen molar-refractivity contribution in [3.8, 4) is 17.4 Å². The lowest BCUT2D eigenvalue weighted by atomic mass is 10.2. The largest absolute Gasteiger partial charge is 0.489 e. The van der Waals surface area contributed by atoms with Gasteiger partial charge in [-0.25, -0.2) is 10.0 Å². The van der Waals surface area contributed by atoms with Gasteiger partial charge >= 0.3 is 0 Å². The molecule has 0 aliphatic rings. The van der Waals surface area contributed by atoms with Gasteiger partial charge in [0.15, 0.2) is 0 Å². The number of rotatable bonds is 7. The van der Waals surface area contributed by atoms with Crippen LogP contribution in [0.5, 0.6) is 17.4 Å². The van der Waals surface area contributed by atoms with E-state index in [0.29, 0.717) is 23.8 Å². The number of hydrogen-bond donors (Lipinski definition) is 0. The van der Waals surface area contributed by atoms with E-state index in [2.05, 4.69) is 4.98 Å². The fourth-order valence-corrected chi connectivity index (χ4v) is 2.54. The molecule has 0 N–H and O–H groups in total. The maximum absolute atomic E-state index is 12.0. The molecule has 0 saturated carbocycles. The van der Waals surface area contributed by atoms with Crippen LogP contribution in [-0.4, -0.2) is 30.1 Å². The van der Waals surface area contributed by atoms with E-state index >= 15 is 0 Å². The van der Waals surface area contributed by atoms with E-state index in [1.807, 2.05) is 55.5 Å². The predicted octanol–water partition coefficient (Wildman–Crippen LogP) is 4.39. The third kappa shape index (κ3) is 4.86. The third-order valence-corrected chi connectivity index (χ3v) is 4.15. The monoisotopic (exact) mass is 378 g/mol. The molecule has 28 heavy (non-hydrogen) atoms. The maximum Gasteiger partial charge on any atom is 0.278 e. The zero-order valence-electron chi connectivity index (χ0n) is 16.1. The molecule has 0 fully saturated rings. The standard InChI is InChI=1S/C22H22N2O4/c1-16-13-19(10-11-20(16)27-15-17-7-5-4-6-8-17)28-21-12-9-18(14-23-21)22(25)24(2)26-3/h4-14H,15H2,1-3H3. The second-order valence-electron chi connectivity index (χ2n) is 6.17. The molecule has 0 aliphatic carbocycles. The predicted molar refractivity (Wildman–Crippen MR) is 105 cm³/mol. The van der Waals surface area contributed by atoms with Crippen molar-refractivity contribution in [3.63, 3.8) is 0 Å². The Morgan fingerprint density at radius 2 is 1.86 bits per heavy atom. The molecular formula is C22H22N2O4. The van der Waals surface area contributed by atoms with Gasteiger partial charge in [0.25, 0.3) is 5.91 Å². The molecule has 144 valence electrons. The lowest BCUT2D eigenvalue weighted by molar-refractivity contribution is -0.0757. The molecule has 1 heterocycles. The van der Waals surface area contributed by atoms with Crippen LogP contribution in [-0.2, 0) is 11.4 Å². The Bertz CT molecular complexity index is 927. The number of pyridine rings is 1. The average molecular weight is 378 g/mol. The van der Waals surface area contributed by atoms with Crippen LogP contribution in [0.3, 0.4) is 0 Å². The van der Waals surface area contributed by atoms with Crippen molar-refractivity contribution in [3.05, 3.63) is 83.6 Å². The summed E-state index contributed by atoms with van der Waals surface area (Å²) in [6, 6.07) is 18.9. The number of nitrogens with zero attached hydrogens (tertiary/aromatic N) is 2. The number of amides is 1. The summed E-state index contributed by atoms with van der Waals surface area (Å²) < 4.78 is 11.7. The highest BCUT2D eigenvalue weighted by Crippen LogP contribution is 2.27. The summed E-state index contributed by atoms with van der Waals surface area (Å²) in [5, 5.41) is 1.13. The zero-order valence-corrected chi connectivity index (χ0v) is 16.1. The Morgan fingerprint density at radius 3 is 2.50 bits per heavy atom. The number of carbonyl (C=O) groups is 1. The number of hydrogen-bond acceptors (Lipinski definition) is 5. The Morgan fingerprint density at radius 1 is 1.07 bits per heavy atom. The molecule has 2 aromatic carbocycles. The molecule has 3 rings (SSSR count). The average Bonchev–Trinajstić information content (AvgIpc) is 2.73. The van der Waals surface area contributed by atoms with Crippen LogP contribution < -0.4 is 9.47 Å². The second kappa shape index (κ2) is 9.01. The summed E-state index contributed by atoms with van der Waals surface area (Å²) in [6.07, 6.45) is 1.46. The van der Waals surface area contributed by atoms with E-state index in [0.717, 1.165) is 21.9 Å². The summed E-state index contributed by atoms with van der Waals surface area (Å²) in [7, 11) is 2.97. The minimum atomic E-state index is -0.280. The molecule has 6 heteroatoms. The molecule has 0 aliphatic heterocycles. The fraction of sp³-hybridized carbons (Fsp3) is 0.182. The zero-order chi connectivity index (χ0) is 19.9. The highest BCUT2D eigenvalue weighted by molar-refractivity contribution is 5.93. The highest BCUT2D eigenvalue weighted by atomic mass is 16.7. The summed E-state index contributed by atoms with van der Waals surface area (Å²) in [6.45, 7) is 2.47. The van der Waals surface area contributed by atoms with E-state index in [1.165, 1.54) is 20.4 Å². The van der Waals surface area contributed by atoms with Crippen LogP contribution >= 0.6 is 0 Å². The van der Waals surface area contributed by atoms with Gasteiger partial charge < -0.3 is 9.47 Å². The van der Waals surface area contributed by atoms with E-state index in [9.17, 15) is 4.79 Å². The number of aryl methyl sites for hydroxylation is 1. The molecule has 0 spiro atoms. The number of ether oxygens (including phenoxy) is 2. The van der Waals surface area contributed by atoms with Crippen molar-refractivity contribution in [2.45, 2.75) is 13.5 Å². The smallest absolute Gasteiger partial charge is 0.278 e. The van der Waals surface area contributed by atoms with Gasteiger partial charge in [-0.05, 0) is 42.3 Å². The quantitative estimate of drug-likeness (QED) is 0.571. The number of aromatic nitrogens is 1. The van der Waals surface area contributed by atoms with Crippen molar-refractivity contribution < 1.29 is 19.1 Å². The van der Waals surface area contributed by atoms with Crippen molar-refractivity contribution in [1.29, 1.82) is 0 Å². The molecule has 0 bridgehead atoms. The van der Waals surface area contributed by atoms with Crippen molar-refractivity contribution >= 4 is 5.91 Å². The fourth-order valence-electron chi connectivity index (χ4n) is 2.54. The van der Waals surface area contributed by atoms with E-state index in [4.69, 9.17) is 14.3 Å². The van der Waals surface area contributed by atoms with Gasteiger partial charge in [-0.3, -0.25) is 9.63 Å². The minimum Gasteiger partial charge on any atom is -0.489 e. The van der Waals surface area contributed by atoms with Crippen LogP contribution in [0.15, 0.2) is 66.9 Å². The molecule has 1 amide bonds. The van der Waals surface area contributed by atoms with Crippen LogP contribution in [0.25, 0.3) is 0 Å². The lowest BCUT2D eigenvalue weighted by Crippen LogP contribution is -2.25. The first kappa shape index (κ1) is 19.4. The topological polar surface area (TPSA) is 60.9 Å². The molecule has 1 aromatic heterocycles. The molecule has 0 unspecified atom stereocenters. The number of benzene rings is 2. The van der Waals surface area contributed by atoms with Gasteiger partial charge in [0.05, 0.1) is 12.7 Å². The Hall–Kier alpha value is -3.38. The number of carbonyl (C=O) groups excluding carboxylic acids is 1. The molecule has 0 radical (unpaired) electrons.